The molecule has 0 aromatic carbocycles. The third-order valence-corrected chi connectivity index (χ3v) is 2.85. The molecule has 0 radical (unpaired) electrons. The van der Waals surface area contributed by atoms with Crippen LogP contribution in [0.5, 0.6) is 0 Å². The molecule has 0 saturated heterocycles. The molecule has 50 valence electrons. The summed E-state index contributed by atoms with van der Waals surface area (Å²) in [5.74, 6) is 2.89. The summed E-state index contributed by atoms with van der Waals surface area (Å²) >= 11 is 0. The van der Waals surface area contributed by atoms with Gasteiger partial charge >= 0.3 is 0 Å². The van der Waals surface area contributed by atoms with Gasteiger partial charge in [-0.25, -0.2) is 0 Å². The highest BCUT2D eigenvalue weighted by molar-refractivity contribution is 5.24. The Kier molecular flexibility index (Phi) is 0.992. The lowest BCUT2D eigenvalue weighted by Crippen LogP contribution is -2.23. The van der Waals surface area contributed by atoms with Crippen LogP contribution in [-0.4, -0.2) is 0 Å². The van der Waals surface area contributed by atoms with Crippen molar-refractivity contribution in [1.29, 1.82) is 0 Å². The Morgan fingerprint density at radius 2 is 2.22 bits per heavy atom. The Hall–Kier alpha value is -0.260. The Morgan fingerprint density at radius 1 is 1.44 bits per heavy atom. The number of hydrogen-bond donors (Lipinski definition) is 0. The molecule has 0 bridgehead atoms. The van der Waals surface area contributed by atoms with Crippen LogP contribution in [0.1, 0.15) is 26.7 Å². The number of fused-ring (bicyclic) bond motifs is 1. The average molecular weight is 122 g/mol. The Morgan fingerprint density at radius 3 is 2.67 bits per heavy atom. The second kappa shape index (κ2) is 1.62. The van der Waals surface area contributed by atoms with Crippen LogP contribution < -0.4 is 0 Å². The van der Waals surface area contributed by atoms with Gasteiger partial charge in [0.25, 0.3) is 0 Å². The standard InChI is InChI=1S/C9H14/c1-6-3-8-5-7(2)9(8)4-6/h3,6-7,9H,4-5H2,1-2H3/t6-,7+,9?/m1/s1. The molecule has 1 unspecified atom stereocenters. The maximum absolute atomic E-state index is 2.48. The van der Waals surface area contributed by atoms with Gasteiger partial charge in [-0.1, -0.05) is 25.5 Å². The Labute approximate surface area is 57.0 Å². The topological polar surface area (TPSA) is 0 Å². The van der Waals surface area contributed by atoms with E-state index < -0.39 is 0 Å². The lowest BCUT2D eigenvalue weighted by Gasteiger charge is -2.33. The third kappa shape index (κ3) is 0.654. The number of allylic oxidation sites excluding steroid dienone is 2. The van der Waals surface area contributed by atoms with Crippen LogP contribution in [0.2, 0.25) is 0 Å². The van der Waals surface area contributed by atoms with Gasteiger partial charge in [0.1, 0.15) is 0 Å². The largest absolute Gasteiger partial charge is 0.0822 e. The molecule has 2 rings (SSSR count). The van der Waals surface area contributed by atoms with Gasteiger partial charge < -0.3 is 0 Å². The number of rotatable bonds is 0. The zero-order chi connectivity index (χ0) is 6.43. The van der Waals surface area contributed by atoms with Crippen LogP contribution in [-0.2, 0) is 0 Å². The van der Waals surface area contributed by atoms with Gasteiger partial charge in [-0.2, -0.15) is 0 Å². The van der Waals surface area contributed by atoms with Crippen LogP contribution in [0.15, 0.2) is 11.6 Å². The second-order valence-electron chi connectivity index (χ2n) is 3.74. The average Bonchev–Trinajstić information content (AvgIpc) is 2.08. The van der Waals surface area contributed by atoms with Gasteiger partial charge in [0, 0.05) is 0 Å². The quantitative estimate of drug-likeness (QED) is 0.433. The summed E-state index contributed by atoms with van der Waals surface area (Å²) in [6, 6.07) is 0. The molecule has 0 spiro atoms. The fourth-order valence-electron chi connectivity index (χ4n) is 2.28. The van der Waals surface area contributed by atoms with Crippen LogP contribution >= 0.6 is 0 Å². The molecule has 2 aliphatic carbocycles. The molecule has 0 nitrogen and oxygen atoms in total. The first-order valence-electron chi connectivity index (χ1n) is 3.98. The summed E-state index contributed by atoms with van der Waals surface area (Å²) in [5.41, 5.74) is 1.76. The van der Waals surface area contributed by atoms with Crippen molar-refractivity contribution in [3.05, 3.63) is 11.6 Å². The predicted molar refractivity (Wildman–Crippen MR) is 39.1 cm³/mol. The Balaban J connectivity index is 2.13. The first-order valence-corrected chi connectivity index (χ1v) is 3.98. The van der Waals surface area contributed by atoms with E-state index in [0.717, 1.165) is 17.8 Å². The van der Waals surface area contributed by atoms with Gasteiger partial charge in [0.2, 0.25) is 0 Å². The van der Waals surface area contributed by atoms with Crippen molar-refractivity contribution in [1.82, 2.24) is 0 Å². The molecular formula is C9H14. The molecule has 0 N–H and O–H groups in total. The van der Waals surface area contributed by atoms with Crippen molar-refractivity contribution in [3.63, 3.8) is 0 Å². The molecule has 1 fully saturated rings. The van der Waals surface area contributed by atoms with Crippen molar-refractivity contribution in [3.8, 4) is 0 Å². The molecular weight excluding hydrogens is 108 g/mol. The lowest BCUT2D eigenvalue weighted by atomic mass is 9.72. The minimum absolute atomic E-state index is 0.884. The molecule has 0 heterocycles. The molecule has 9 heavy (non-hydrogen) atoms. The predicted octanol–water partition coefficient (Wildman–Crippen LogP) is 2.61. The normalized spacial score (nSPS) is 47.8. The van der Waals surface area contributed by atoms with Crippen LogP contribution in [0.4, 0.5) is 0 Å². The van der Waals surface area contributed by atoms with E-state index in [1.807, 2.05) is 0 Å². The van der Waals surface area contributed by atoms with E-state index in [1.165, 1.54) is 12.8 Å². The third-order valence-electron chi connectivity index (χ3n) is 2.85. The van der Waals surface area contributed by atoms with Crippen LogP contribution in [0.25, 0.3) is 0 Å². The highest BCUT2D eigenvalue weighted by atomic mass is 14.4. The molecule has 2 aliphatic rings. The zero-order valence-corrected chi connectivity index (χ0v) is 6.22. The fourth-order valence-corrected chi connectivity index (χ4v) is 2.28. The van der Waals surface area contributed by atoms with Crippen molar-refractivity contribution in [2.75, 3.05) is 0 Å². The summed E-state index contributed by atoms with van der Waals surface area (Å²) in [6.45, 7) is 4.71. The van der Waals surface area contributed by atoms with Crippen molar-refractivity contribution in [2.45, 2.75) is 26.7 Å². The second-order valence-corrected chi connectivity index (χ2v) is 3.74. The van der Waals surface area contributed by atoms with E-state index in [4.69, 9.17) is 0 Å². The maximum atomic E-state index is 2.48. The summed E-state index contributed by atoms with van der Waals surface area (Å²) in [5, 5.41) is 0. The maximum Gasteiger partial charge on any atom is -0.0169 e. The Bertz CT molecular complexity index is 155. The molecule has 0 aliphatic heterocycles. The SMILES string of the molecule is C[C@@H]1C=C2C[C@H](C)C2C1. The molecule has 0 aromatic heterocycles. The smallest absolute Gasteiger partial charge is 0.0169 e. The fraction of sp³-hybridized carbons (Fsp3) is 0.778. The summed E-state index contributed by atoms with van der Waals surface area (Å²) in [7, 11) is 0. The van der Waals surface area contributed by atoms with Crippen molar-refractivity contribution >= 4 is 0 Å². The van der Waals surface area contributed by atoms with E-state index in [-0.39, 0.29) is 0 Å². The lowest BCUT2D eigenvalue weighted by molar-refractivity contribution is 0.293. The minimum atomic E-state index is 0.884. The molecule has 3 atom stereocenters. The van der Waals surface area contributed by atoms with Crippen LogP contribution in [0.3, 0.4) is 0 Å². The van der Waals surface area contributed by atoms with Gasteiger partial charge in [-0.3, -0.25) is 0 Å². The monoisotopic (exact) mass is 122 g/mol. The zero-order valence-electron chi connectivity index (χ0n) is 6.22. The van der Waals surface area contributed by atoms with Crippen molar-refractivity contribution in [2.24, 2.45) is 17.8 Å². The van der Waals surface area contributed by atoms with Gasteiger partial charge in [0.15, 0.2) is 0 Å². The van der Waals surface area contributed by atoms with E-state index in [2.05, 4.69) is 19.9 Å². The first-order chi connectivity index (χ1) is 4.27. The van der Waals surface area contributed by atoms with Gasteiger partial charge in [0.05, 0.1) is 0 Å². The highest BCUT2D eigenvalue weighted by Gasteiger charge is 2.36. The van der Waals surface area contributed by atoms with E-state index >= 15 is 0 Å². The molecule has 0 heteroatoms. The first kappa shape index (κ1) is 5.52. The van der Waals surface area contributed by atoms with E-state index in [1.54, 1.807) is 5.57 Å². The van der Waals surface area contributed by atoms with Crippen molar-refractivity contribution < 1.29 is 0 Å². The number of hydrogen-bond acceptors (Lipinski definition) is 0. The molecule has 1 saturated carbocycles. The summed E-state index contributed by atoms with van der Waals surface area (Å²) in [4.78, 5) is 0. The summed E-state index contributed by atoms with van der Waals surface area (Å²) < 4.78 is 0. The van der Waals surface area contributed by atoms with Gasteiger partial charge in [-0.05, 0) is 30.6 Å². The summed E-state index contributed by atoms with van der Waals surface area (Å²) in [6.07, 6.45) is 5.32. The molecule has 0 aromatic rings. The minimum Gasteiger partial charge on any atom is -0.0822 e. The van der Waals surface area contributed by atoms with E-state index in [9.17, 15) is 0 Å². The van der Waals surface area contributed by atoms with Gasteiger partial charge in [-0.15, -0.1) is 0 Å². The highest BCUT2D eigenvalue weighted by Crippen LogP contribution is 2.48. The van der Waals surface area contributed by atoms with E-state index in [0.29, 0.717) is 0 Å². The molecule has 0 amide bonds. The van der Waals surface area contributed by atoms with Crippen LogP contribution in [0, 0.1) is 17.8 Å².